The molecule has 0 radical (unpaired) electrons. The summed E-state index contributed by atoms with van der Waals surface area (Å²) in [6.45, 7) is 2.93. The predicted octanol–water partition coefficient (Wildman–Crippen LogP) is 3.34. The first kappa shape index (κ1) is 12.3. The molecule has 2 aromatic rings. The first-order valence-corrected chi connectivity index (χ1v) is 6.91. The Kier molecular flexibility index (Phi) is 4.29. The van der Waals surface area contributed by atoms with Crippen LogP contribution in [0.2, 0.25) is 0 Å². The highest BCUT2D eigenvalue weighted by atomic mass is 32.1. The lowest BCUT2D eigenvalue weighted by Crippen LogP contribution is -2.15. The van der Waals surface area contributed by atoms with E-state index in [9.17, 15) is 0 Å². The molecule has 0 saturated heterocycles. The summed E-state index contributed by atoms with van der Waals surface area (Å²) in [5.41, 5.74) is 8.00. The molecule has 1 aromatic carbocycles. The summed E-state index contributed by atoms with van der Waals surface area (Å²) in [7, 11) is 0. The smallest absolute Gasteiger partial charge is 0.0935 e. The summed E-state index contributed by atoms with van der Waals surface area (Å²) in [6, 6.07) is 10.3. The first-order valence-electron chi connectivity index (χ1n) is 6.03. The van der Waals surface area contributed by atoms with E-state index in [4.69, 9.17) is 5.73 Å². The van der Waals surface area contributed by atoms with E-state index in [0.29, 0.717) is 5.92 Å². The van der Waals surface area contributed by atoms with Gasteiger partial charge in [0.05, 0.1) is 10.7 Å². The zero-order chi connectivity index (χ0) is 12.1. The maximum atomic E-state index is 5.73. The molecular formula is C14H18N2S. The van der Waals surface area contributed by atoms with Crippen LogP contribution in [0, 0.1) is 5.92 Å². The van der Waals surface area contributed by atoms with E-state index in [2.05, 4.69) is 29.4 Å². The Morgan fingerprint density at radius 2 is 2.06 bits per heavy atom. The number of nitrogens with zero attached hydrogens (tertiary/aromatic N) is 1. The first-order chi connectivity index (χ1) is 8.33. The van der Waals surface area contributed by atoms with Gasteiger partial charge < -0.3 is 5.73 Å². The summed E-state index contributed by atoms with van der Waals surface area (Å²) in [6.07, 6.45) is 2.13. The maximum absolute atomic E-state index is 5.73. The molecule has 0 amide bonds. The van der Waals surface area contributed by atoms with E-state index >= 15 is 0 Å². The molecule has 2 nitrogen and oxygen atoms in total. The van der Waals surface area contributed by atoms with Crippen LogP contribution >= 0.6 is 11.3 Å². The number of hydrogen-bond acceptors (Lipinski definition) is 3. The van der Waals surface area contributed by atoms with Crippen molar-refractivity contribution in [2.24, 2.45) is 11.7 Å². The number of rotatable bonds is 5. The van der Waals surface area contributed by atoms with Gasteiger partial charge in [-0.1, -0.05) is 43.7 Å². The van der Waals surface area contributed by atoms with Gasteiger partial charge in [0.25, 0.3) is 0 Å². The van der Waals surface area contributed by atoms with Crippen molar-refractivity contribution in [1.82, 2.24) is 4.98 Å². The van der Waals surface area contributed by atoms with Gasteiger partial charge in [0.2, 0.25) is 0 Å². The minimum atomic E-state index is 0.560. The molecule has 1 atom stereocenters. The lowest BCUT2D eigenvalue weighted by atomic mass is 10.0. The zero-order valence-electron chi connectivity index (χ0n) is 10.1. The number of benzene rings is 1. The second-order valence-electron chi connectivity index (χ2n) is 4.21. The van der Waals surface area contributed by atoms with Crippen molar-refractivity contribution < 1.29 is 0 Å². The van der Waals surface area contributed by atoms with Gasteiger partial charge in [0.15, 0.2) is 0 Å². The van der Waals surface area contributed by atoms with E-state index in [1.807, 2.05) is 18.2 Å². The highest BCUT2D eigenvalue weighted by Gasteiger charge is 2.09. The maximum Gasteiger partial charge on any atom is 0.0935 e. The van der Waals surface area contributed by atoms with Crippen LogP contribution in [0.1, 0.15) is 18.4 Å². The average Bonchev–Trinajstić information content (AvgIpc) is 2.85. The van der Waals surface area contributed by atoms with Crippen LogP contribution in [0.25, 0.3) is 11.3 Å². The molecule has 1 heterocycles. The van der Waals surface area contributed by atoms with Crippen molar-refractivity contribution in [1.29, 1.82) is 0 Å². The minimum Gasteiger partial charge on any atom is -0.330 e. The molecule has 17 heavy (non-hydrogen) atoms. The van der Waals surface area contributed by atoms with Crippen molar-refractivity contribution >= 4 is 11.3 Å². The standard InChI is InChI=1S/C14H18N2S/c1-2-11(9-15)8-14-16-13(10-17-14)12-6-4-3-5-7-12/h3-7,10-11H,2,8-9,15H2,1H3. The van der Waals surface area contributed by atoms with E-state index < -0.39 is 0 Å². The fraction of sp³-hybridized carbons (Fsp3) is 0.357. The average molecular weight is 246 g/mol. The summed E-state index contributed by atoms with van der Waals surface area (Å²) < 4.78 is 0. The molecule has 0 spiro atoms. The third kappa shape index (κ3) is 3.14. The molecule has 2 rings (SSSR count). The third-order valence-electron chi connectivity index (χ3n) is 3.00. The summed E-state index contributed by atoms with van der Waals surface area (Å²) in [5, 5.41) is 3.33. The molecule has 0 saturated carbocycles. The van der Waals surface area contributed by atoms with Crippen LogP contribution in [-0.2, 0) is 6.42 Å². The van der Waals surface area contributed by atoms with Crippen LogP contribution in [0.4, 0.5) is 0 Å². The Hall–Kier alpha value is -1.19. The largest absolute Gasteiger partial charge is 0.330 e. The number of nitrogens with two attached hydrogens (primary N) is 1. The van der Waals surface area contributed by atoms with E-state index in [0.717, 1.165) is 25.1 Å². The topological polar surface area (TPSA) is 38.9 Å². The van der Waals surface area contributed by atoms with Gasteiger partial charge in [-0.05, 0) is 12.5 Å². The molecule has 0 aliphatic heterocycles. The number of aromatic nitrogens is 1. The Balaban J connectivity index is 2.11. The monoisotopic (exact) mass is 246 g/mol. The molecular weight excluding hydrogens is 228 g/mol. The molecule has 2 N–H and O–H groups in total. The van der Waals surface area contributed by atoms with Gasteiger partial charge in [-0.2, -0.15) is 0 Å². The van der Waals surface area contributed by atoms with Crippen molar-refractivity contribution in [2.45, 2.75) is 19.8 Å². The van der Waals surface area contributed by atoms with Crippen molar-refractivity contribution in [3.05, 3.63) is 40.7 Å². The van der Waals surface area contributed by atoms with Crippen LogP contribution in [0.15, 0.2) is 35.7 Å². The van der Waals surface area contributed by atoms with Gasteiger partial charge in [-0.3, -0.25) is 0 Å². The predicted molar refractivity (Wildman–Crippen MR) is 74.1 cm³/mol. The molecule has 0 fully saturated rings. The van der Waals surface area contributed by atoms with Gasteiger partial charge in [0.1, 0.15) is 0 Å². The van der Waals surface area contributed by atoms with Crippen molar-refractivity contribution in [2.75, 3.05) is 6.54 Å². The number of thiazole rings is 1. The number of hydrogen-bond donors (Lipinski definition) is 1. The van der Waals surface area contributed by atoms with Crippen LogP contribution < -0.4 is 5.73 Å². The highest BCUT2D eigenvalue weighted by Crippen LogP contribution is 2.23. The Morgan fingerprint density at radius 1 is 1.29 bits per heavy atom. The molecule has 1 unspecified atom stereocenters. The Labute approximate surface area is 107 Å². The molecule has 0 bridgehead atoms. The minimum absolute atomic E-state index is 0.560. The quantitative estimate of drug-likeness (QED) is 0.878. The molecule has 90 valence electrons. The zero-order valence-corrected chi connectivity index (χ0v) is 10.9. The van der Waals surface area contributed by atoms with E-state index in [1.165, 1.54) is 10.6 Å². The lowest BCUT2D eigenvalue weighted by molar-refractivity contribution is 0.518. The lowest BCUT2D eigenvalue weighted by Gasteiger charge is -2.08. The van der Waals surface area contributed by atoms with E-state index in [-0.39, 0.29) is 0 Å². The molecule has 1 aromatic heterocycles. The SMILES string of the molecule is CCC(CN)Cc1nc(-c2ccccc2)cs1. The summed E-state index contributed by atoms with van der Waals surface area (Å²) in [4.78, 5) is 4.68. The molecule has 0 aliphatic carbocycles. The third-order valence-corrected chi connectivity index (χ3v) is 3.87. The van der Waals surface area contributed by atoms with Gasteiger partial charge >= 0.3 is 0 Å². The fourth-order valence-electron chi connectivity index (χ4n) is 1.79. The second-order valence-corrected chi connectivity index (χ2v) is 5.15. The fourth-order valence-corrected chi connectivity index (χ4v) is 2.71. The van der Waals surface area contributed by atoms with Crippen molar-refractivity contribution in [3.8, 4) is 11.3 Å². The van der Waals surface area contributed by atoms with Crippen LogP contribution in [0.3, 0.4) is 0 Å². The van der Waals surface area contributed by atoms with Gasteiger partial charge in [-0.15, -0.1) is 11.3 Å². The second kappa shape index (κ2) is 5.94. The Morgan fingerprint density at radius 3 is 2.71 bits per heavy atom. The van der Waals surface area contributed by atoms with Gasteiger partial charge in [0, 0.05) is 17.4 Å². The van der Waals surface area contributed by atoms with Crippen LogP contribution in [-0.4, -0.2) is 11.5 Å². The normalized spacial score (nSPS) is 12.6. The highest BCUT2D eigenvalue weighted by molar-refractivity contribution is 7.09. The van der Waals surface area contributed by atoms with Crippen molar-refractivity contribution in [3.63, 3.8) is 0 Å². The molecule has 3 heteroatoms. The molecule has 0 aliphatic rings. The van der Waals surface area contributed by atoms with Gasteiger partial charge in [-0.25, -0.2) is 4.98 Å². The Bertz CT molecular complexity index is 446. The van der Waals surface area contributed by atoms with E-state index in [1.54, 1.807) is 11.3 Å². The summed E-state index contributed by atoms with van der Waals surface area (Å²) >= 11 is 1.74. The van der Waals surface area contributed by atoms with Crippen LogP contribution in [0.5, 0.6) is 0 Å². The summed E-state index contributed by atoms with van der Waals surface area (Å²) in [5.74, 6) is 0.560.